The van der Waals surface area contributed by atoms with Crippen LogP contribution in [0.5, 0.6) is 0 Å². The molecule has 0 spiro atoms. The van der Waals surface area contributed by atoms with Gasteiger partial charge in [-0.25, -0.2) is 9.97 Å². The number of fused-ring (bicyclic) bond motifs is 8. The summed E-state index contributed by atoms with van der Waals surface area (Å²) in [4.78, 5) is 237. The molecule has 0 amide bonds. The molecule has 0 aliphatic carbocycles. The van der Waals surface area contributed by atoms with Crippen molar-refractivity contribution in [2.45, 2.75) is 251 Å². The molecule has 40 nitrogen and oxygen atoms in total. The Morgan fingerprint density at radius 1 is 0.236 bits per heavy atom. The molecule has 4 saturated heterocycles. The van der Waals surface area contributed by atoms with E-state index in [0.717, 1.165) is 27.7 Å². The quantitative estimate of drug-likeness (QED) is 0.0321. The second-order valence-corrected chi connectivity index (χ2v) is 36.6. The Bertz CT molecular complexity index is 5990. The van der Waals surface area contributed by atoms with Crippen LogP contribution in [-0.2, 0) is 95.7 Å². The topological polar surface area (TPSA) is 691 Å². The number of aromatic amines is 2. The van der Waals surface area contributed by atoms with Crippen molar-refractivity contribution < 1.29 is 177 Å². The van der Waals surface area contributed by atoms with Crippen LogP contribution in [0.1, 0.15) is 180 Å². The second-order valence-electron chi connectivity index (χ2n) is 36.6. The number of ether oxygens (including phenoxy) is 4. The van der Waals surface area contributed by atoms with Crippen LogP contribution in [-0.4, -0.2) is 310 Å². The van der Waals surface area contributed by atoms with E-state index >= 15 is 0 Å². The van der Waals surface area contributed by atoms with E-state index < -0.39 is 233 Å². The summed E-state index contributed by atoms with van der Waals surface area (Å²) in [6.45, 7) is 11.1. The van der Waals surface area contributed by atoms with Gasteiger partial charge in [0, 0.05) is 44.3 Å². The number of ketones is 16. The maximum Gasteiger partial charge on any atom is 0.200 e. The van der Waals surface area contributed by atoms with Gasteiger partial charge in [0.15, 0.2) is 160 Å². The van der Waals surface area contributed by atoms with Gasteiger partial charge < -0.3 is 111 Å². The number of benzene rings is 4. The van der Waals surface area contributed by atoms with Gasteiger partial charge in [-0.05, 0) is 204 Å². The van der Waals surface area contributed by atoms with Crippen molar-refractivity contribution in [1.29, 1.82) is 0 Å². The second kappa shape index (κ2) is 35.9. The van der Waals surface area contributed by atoms with E-state index in [1.165, 1.54) is 146 Å². The lowest BCUT2D eigenvalue weighted by Gasteiger charge is -2.58. The van der Waals surface area contributed by atoms with Crippen LogP contribution in [0, 0.1) is 0 Å². The van der Waals surface area contributed by atoms with E-state index in [-0.39, 0.29) is 112 Å². The Kier molecular flexibility index (Phi) is 26.8. The van der Waals surface area contributed by atoms with Gasteiger partial charge in [0.25, 0.3) is 0 Å². The molecule has 40 heteroatoms. The third-order valence-corrected chi connectivity index (χ3v) is 28.6. The number of Topliss-reactive ketones (excluding diaryl/α,β-unsaturated/α-hetero) is 16. The molecule has 24 atom stereocenters. The highest BCUT2D eigenvalue weighted by Gasteiger charge is 2.84. The Balaban J connectivity index is 1.14. The zero-order chi connectivity index (χ0) is 104. The first-order valence-corrected chi connectivity index (χ1v) is 43.6. The Morgan fingerprint density at radius 2 is 0.386 bits per heavy atom. The minimum Gasteiger partial charge on any atom is -0.382 e. The van der Waals surface area contributed by atoms with Gasteiger partial charge in [0.2, 0.25) is 0 Å². The van der Waals surface area contributed by atoms with E-state index in [9.17, 15) is 158 Å². The van der Waals surface area contributed by atoms with Crippen molar-refractivity contribution in [2.75, 3.05) is 0 Å². The Labute approximate surface area is 794 Å². The highest BCUT2D eigenvalue weighted by molar-refractivity contribution is 6.11. The molecule has 13 rings (SSSR count). The molecule has 4 fully saturated rings. The van der Waals surface area contributed by atoms with Crippen LogP contribution in [0.25, 0.3) is 90.9 Å². The molecule has 738 valence electrons. The number of aliphatic hydroxyl groups excluding tert-OH is 4. The molecular weight excluding hydrogens is 1830 g/mol. The molecule has 3 aromatic heterocycles. The number of carbonyl (C=O) groups is 16. The van der Waals surface area contributed by atoms with E-state index in [0.29, 0.717) is 83.1 Å². The highest BCUT2D eigenvalue weighted by Crippen LogP contribution is 2.59. The van der Waals surface area contributed by atoms with Crippen molar-refractivity contribution in [3.05, 3.63) is 166 Å². The molecule has 8 bridgehead atoms. The summed E-state index contributed by atoms with van der Waals surface area (Å²) in [7, 11) is 0. The first kappa shape index (κ1) is 105. The predicted molar refractivity (Wildman–Crippen MR) is 485 cm³/mol. The monoisotopic (exact) mass is 1930 g/mol. The average molecular weight is 1940 g/mol. The molecule has 4 aromatic carbocycles. The highest BCUT2D eigenvalue weighted by atomic mass is 16.6. The van der Waals surface area contributed by atoms with Crippen molar-refractivity contribution in [1.82, 2.24) is 19.9 Å². The summed E-state index contributed by atoms with van der Waals surface area (Å²) in [6.07, 6.45) is -24.0. The zero-order valence-electron chi connectivity index (χ0n) is 78.0. The maximum atomic E-state index is 14.2. The normalized spacial score (nSPS) is 32.2. The van der Waals surface area contributed by atoms with Gasteiger partial charge in [-0.15, -0.1) is 0 Å². The number of hydrogen-bond donors (Lipinski definition) is 18. The fourth-order valence-corrected chi connectivity index (χ4v) is 20.9. The Morgan fingerprint density at radius 3 is 0.514 bits per heavy atom. The van der Waals surface area contributed by atoms with E-state index in [1.54, 1.807) is 0 Å². The fraction of sp³-hybridized carbons (Fsp3) is 0.400. The first-order valence-electron chi connectivity index (χ1n) is 43.6. The molecule has 140 heavy (non-hydrogen) atoms. The van der Waals surface area contributed by atoms with E-state index in [2.05, 4.69) is 9.97 Å². The van der Waals surface area contributed by atoms with Crippen LogP contribution in [0.15, 0.2) is 121 Å². The first-order chi connectivity index (χ1) is 64.9. The Hall–Kier alpha value is -12.6. The molecule has 6 aliphatic heterocycles. The average Bonchev–Trinajstić information content (AvgIpc) is 0.844. The van der Waals surface area contributed by atoms with Crippen LogP contribution in [0.2, 0.25) is 0 Å². The smallest absolute Gasteiger partial charge is 0.200 e. The summed E-state index contributed by atoms with van der Waals surface area (Å²) in [6, 6.07) is 26.4. The fourth-order valence-electron chi connectivity index (χ4n) is 20.9. The molecule has 4 unspecified atom stereocenters. The third kappa shape index (κ3) is 14.4. The summed E-state index contributed by atoms with van der Waals surface area (Å²) in [5, 5.41) is 197. The number of aliphatic hydroxyl groups is 16. The van der Waals surface area contributed by atoms with Crippen LogP contribution >= 0.6 is 0 Å². The summed E-state index contributed by atoms with van der Waals surface area (Å²) in [5.41, 5.74) is -45.2. The SMILES string of the molecule is CC(=O)C(O)[C@H]1O[C@@H](c2ccc(-c3c4nc(c(-c5ccc([C@@H]6O[C@H](C(O)C(C)=O)[C@](O)(C(C)=O)[C@@](O)(C(C)=O)[C@]6(O)C(C)=O)cc5)c5ccc([nH]5)c(-c5ccc([C@@H]6O[C@H](C(O)C(C)=O)[C@](O)(C(C)=O)[C@@](O)(C(C)=O)[C@]6(O)C(C)=O)cc5)c5nc(c(-c6ccc([C@@H]7O[C@H](C(O)C(C)=O)[C@](O)(C(C)=O)[C@@](O)(C(C)=O)[C@]7(O)C(C)=O)cc6)c6ccc3[nH]6)C=C5)C=C4)cc2)[C@@](O)(C(C)=O)[C@](O)(C(C)=O)[C@@]1(O)C(C)=O. The number of nitrogens with one attached hydrogen (secondary N) is 2. The van der Waals surface area contributed by atoms with Gasteiger partial charge in [0.1, 0.15) is 73.2 Å². The summed E-state index contributed by atoms with van der Waals surface area (Å²) < 4.78 is 24.4. The van der Waals surface area contributed by atoms with Gasteiger partial charge in [-0.3, -0.25) is 76.7 Å². The molecular formula is C100H102N4O36. The number of hydrogen-bond acceptors (Lipinski definition) is 38. The number of aromatic nitrogens is 4. The minimum atomic E-state index is -3.90. The van der Waals surface area contributed by atoms with Gasteiger partial charge in [-0.2, -0.15) is 0 Å². The van der Waals surface area contributed by atoms with Gasteiger partial charge in [0.05, 0.1) is 22.8 Å². The molecule has 6 aliphatic rings. The number of nitrogens with zero attached hydrogens (tertiary/aromatic N) is 2. The minimum absolute atomic E-state index is 0.00495. The number of H-pyrrole nitrogens is 2. The number of carbonyl (C=O) groups excluding carboxylic acids is 16. The van der Waals surface area contributed by atoms with E-state index in [1.807, 2.05) is 0 Å². The van der Waals surface area contributed by atoms with Crippen LogP contribution < -0.4 is 0 Å². The lowest BCUT2D eigenvalue weighted by molar-refractivity contribution is -0.329. The molecule has 0 saturated carbocycles. The van der Waals surface area contributed by atoms with Crippen molar-refractivity contribution in [3.8, 4) is 44.5 Å². The standard InChI is InChI=1S/C100H102N4O36/c1-41(105)77(121)85-93(129,49(9)113)97(133,53(13)117)89(125,45(5)109)81(137-85)61-25-17-57(18-26-61)73-65-33-35-67(101-65)74(58-19-27-62(28-20-58)82-90(126,46(6)110)98(134,54(14)118)94(130,50(10)114)86(138-82)78(122)42(2)106)69-37-39-71(103-69)76(60-23-31-64(32-24-60)84-92(128,48(8)112)100(136,56(16)120)96(132,52(12)116)88(140-84)80(124)44(4)108)72-40-38-70(104-72)75(68-36-34-66(73)102-68)59-21-29-63(30-22-59)83-91(127,47(7)111)99(135,55(15)119)95(131,51(11)115)87(139-83)79(123)43(3)107/h17-40,77-88,101,104,121-136H,1-16H3/t77?,78?,79?,80?,81-,82-,83-,84-,85+,86+,87+,88+,89-,90-,91-,92-,93+,94+,95+,96+,97+,98+,99+,100+/m0/s1. The summed E-state index contributed by atoms with van der Waals surface area (Å²) >= 11 is 0. The predicted octanol–water partition coefficient (Wildman–Crippen LogP) is 0.724. The van der Waals surface area contributed by atoms with Crippen LogP contribution in [0.4, 0.5) is 0 Å². The molecule has 0 radical (unpaired) electrons. The largest absolute Gasteiger partial charge is 0.382 e. The lowest BCUT2D eigenvalue weighted by Crippen LogP contribution is -2.85. The lowest BCUT2D eigenvalue weighted by atomic mass is 9.57. The van der Waals surface area contributed by atoms with Crippen LogP contribution in [0.3, 0.4) is 0 Å². The third-order valence-electron chi connectivity index (χ3n) is 28.6. The van der Waals surface area contributed by atoms with E-state index in [4.69, 9.17) is 28.9 Å². The molecule has 18 N–H and O–H groups in total. The van der Waals surface area contributed by atoms with Crippen molar-refractivity contribution >= 4 is 139 Å². The molecule has 9 heterocycles. The molecule has 7 aromatic rings. The van der Waals surface area contributed by atoms with Gasteiger partial charge in [-0.1, -0.05) is 97.1 Å². The van der Waals surface area contributed by atoms with Crippen molar-refractivity contribution in [2.24, 2.45) is 0 Å². The van der Waals surface area contributed by atoms with Gasteiger partial charge >= 0.3 is 0 Å². The van der Waals surface area contributed by atoms with Crippen molar-refractivity contribution in [3.63, 3.8) is 0 Å². The zero-order valence-corrected chi connectivity index (χ0v) is 78.0. The summed E-state index contributed by atoms with van der Waals surface area (Å²) in [5.74, 6) is -23.2. The maximum absolute atomic E-state index is 14.2. The number of rotatable bonds is 28.